The quantitative estimate of drug-likeness (QED) is 0.214. The molecular formula is C28H27N4O4PS. The van der Waals surface area contributed by atoms with E-state index in [-0.39, 0.29) is 30.5 Å². The lowest BCUT2D eigenvalue weighted by Gasteiger charge is -2.34. The minimum absolute atomic E-state index is 0.0938. The van der Waals surface area contributed by atoms with Crippen molar-refractivity contribution >= 4 is 50.1 Å². The Morgan fingerprint density at radius 2 is 1.29 bits per heavy atom. The first-order valence-electron chi connectivity index (χ1n) is 12.0. The SMILES string of the molecule is O=C(C(=O)N1CCN(C(=O)c2ccccc2)CC1)c1ccccc(C(=O)NSc2ccccc2)c(P)[nH]c1. The molecule has 1 saturated heterocycles. The van der Waals surface area contributed by atoms with E-state index >= 15 is 0 Å². The Hall–Kier alpha value is -3.94. The summed E-state index contributed by atoms with van der Waals surface area (Å²) in [6.07, 6.45) is 1.42. The van der Waals surface area contributed by atoms with E-state index in [0.29, 0.717) is 29.7 Å². The smallest absolute Gasteiger partial charge is 0.295 e. The summed E-state index contributed by atoms with van der Waals surface area (Å²) >= 11 is 1.20. The Kier molecular flexibility index (Phi) is 9.30. The number of nitrogens with one attached hydrogen (secondary N) is 2. The van der Waals surface area contributed by atoms with E-state index in [1.807, 2.05) is 48.5 Å². The second-order valence-electron chi connectivity index (χ2n) is 8.42. The fourth-order valence-corrected chi connectivity index (χ4v) is 4.74. The van der Waals surface area contributed by atoms with Crippen LogP contribution >= 0.6 is 21.2 Å². The van der Waals surface area contributed by atoms with E-state index in [1.165, 1.54) is 29.1 Å². The van der Waals surface area contributed by atoms with Crippen LogP contribution in [0.15, 0.2) is 96.0 Å². The highest BCUT2D eigenvalue weighted by molar-refractivity contribution is 7.98. The van der Waals surface area contributed by atoms with Gasteiger partial charge in [0.15, 0.2) is 0 Å². The number of rotatable bonds is 6. The first-order valence-corrected chi connectivity index (χ1v) is 13.3. The minimum atomic E-state index is -0.671. The number of piperazine rings is 1. The molecule has 0 spiro atoms. The van der Waals surface area contributed by atoms with Gasteiger partial charge in [0.25, 0.3) is 23.5 Å². The minimum Gasteiger partial charge on any atom is -0.360 e. The summed E-state index contributed by atoms with van der Waals surface area (Å²) in [5.74, 6) is -1.72. The van der Waals surface area contributed by atoms with Crippen molar-refractivity contribution in [2.75, 3.05) is 26.2 Å². The van der Waals surface area contributed by atoms with Gasteiger partial charge in [-0.3, -0.25) is 23.9 Å². The van der Waals surface area contributed by atoms with Gasteiger partial charge in [-0.15, -0.1) is 0 Å². The zero-order valence-electron chi connectivity index (χ0n) is 20.5. The third kappa shape index (κ3) is 6.88. The van der Waals surface area contributed by atoms with Gasteiger partial charge >= 0.3 is 0 Å². The Morgan fingerprint density at radius 1 is 0.737 bits per heavy atom. The molecule has 0 aliphatic carbocycles. The molecule has 194 valence electrons. The molecule has 1 fully saturated rings. The van der Waals surface area contributed by atoms with Crippen molar-refractivity contribution in [3.63, 3.8) is 0 Å². The highest BCUT2D eigenvalue weighted by Crippen LogP contribution is 2.14. The van der Waals surface area contributed by atoms with Gasteiger partial charge in [-0.1, -0.05) is 57.8 Å². The molecule has 4 rings (SSSR count). The molecule has 2 heterocycles. The molecule has 1 atom stereocenters. The van der Waals surface area contributed by atoms with Crippen LogP contribution in [0, 0.1) is 0 Å². The molecule has 2 N–H and O–H groups in total. The van der Waals surface area contributed by atoms with Crippen LogP contribution in [0.5, 0.6) is 0 Å². The monoisotopic (exact) mass is 546 g/mol. The largest absolute Gasteiger partial charge is 0.360 e. The molecule has 2 aromatic carbocycles. The van der Waals surface area contributed by atoms with Crippen LogP contribution in [-0.2, 0) is 4.79 Å². The van der Waals surface area contributed by atoms with Crippen molar-refractivity contribution in [1.82, 2.24) is 19.5 Å². The summed E-state index contributed by atoms with van der Waals surface area (Å²) in [4.78, 5) is 58.4. The van der Waals surface area contributed by atoms with Gasteiger partial charge in [0.2, 0.25) is 0 Å². The van der Waals surface area contributed by atoms with Gasteiger partial charge in [-0.05, 0) is 48.3 Å². The molecule has 10 heteroatoms. The maximum Gasteiger partial charge on any atom is 0.295 e. The lowest BCUT2D eigenvalue weighted by atomic mass is 10.1. The lowest BCUT2D eigenvalue weighted by molar-refractivity contribution is -0.127. The van der Waals surface area contributed by atoms with Crippen LogP contribution in [-0.4, -0.2) is 64.5 Å². The van der Waals surface area contributed by atoms with Crippen molar-refractivity contribution < 1.29 is 19.2 Å². The van der Waals surface area contributed by atoms with Crippen molar-refractivity contribution in [3.8, 4) is 0 Å². The normalized spacial score (nSPS) is 12.9. The maximum atomic E-state index is 13.0. The average molecular weight is 547 g/mol. The van der Waals surface area contributed by atoms with Crippen molar-refractivity contribution in [2.24, 2.45) is 0 Å². The molecule has 3 amide bonds. The highest BCUT2D eigenvalue weighted by Gasteiger charge is 2.28. The fraction of sp³-hybridized carbons (Fsp3) is 0.143. The van der Waals surface area contributed by atoms with Gasteiger partial charge in [0, 0.05) is 53.8 Å². The number of amides is 3. The number of nitrogens with zero attached hydrogens (tertiary/aromatic N) is 2. The van der Waals surface area contributed by atoms with Crippen molar-refractivity contribution in [1.29, 1.82) is 0 Å². The maximum absolute atomic E-state index is 13.0. The van der Waals surface area contributed by atoms with Gasteiger partial charge in [0.1, 0.15) is 0 Å². The van der Waals surface area contributed by atoms with Gasteiger partial charge in [-0.2, -0.15) is 0 Å². The molecular weight excluding hydrogens is 519 g/mol. The summed E-state index contributed by atoms with van der Waals surface area (Å²) in [6, 6.07) is 24.8. The summed E-state index contributed by atoms with van der Waals surface area (Å²) in [5, 5.41) is 0. The van der Waals surface area contributed by atoms with E-state index in [0.717, 1.165) is 4.90 Å². The molecule has 1 aromatic heterocycles. The average Bonchev–Trinajstić information content (AvgIpc) is 3.06. The fourth-order valence-electron chi connectivity index (χ4n) is 3.81. The third-order valence-electron chi connectivity index (χ3n) is 5.90. The summed E-state index contributed by atoms with van der Waals surface area (Å²) in [6.45, 7) is 1.23. The number of hydrogen-bond acceptors (Lipinski definition) is 5. The van der Waals surface area contributed by atoms with Crippen LogP contribution in [0.1, 0.15) is 31.1 Å². The van der Waals surface area contributed by atoms with Gasteiger partial charge < -0.3 is 14.8 Å². The number of carbonyl (C=O) groups excluding carboxylic acids is 4. The Labute approximate surface area is 227 Å². The number of benzene rings is 2. The molecule has 1 unspecified atom stereocenters. The van der Waals surface area contributed by atoms with Crippen LogP contribution in [0.2, 0.25) is 0 Å². The number of hydrogen-bond donors (Lipinski definition) is 2. The topological polar surface area (TPSA) is 103 Å². The molecule has 1 aliphatic heterocycles. The zero-order chi connectivity index (χ0) is 26.9. The van der Waals surface area contributed by atoms with E-state index < -0.39 is 11.7 Å². The second-order valence-corrected chi connectivity index (χ2v) is 9.87. The van der Waals surface area contributed by atoms with E-state index in [2.05, 4.69) is 18.9 Å². The number of carbonyl (C=O) groups is 4. The molecule has 3 aromatic rings. The third-order valence-corrected chi connectivity index (χ3v) is 7.18. The summed E-state index contributed by atoms with van der Waals surface area (Å²) in [5.41, 5.74) is 1.56. The van der Waals surface area contributed by atoms with Gasteiger partial charge in [0.05, 0.1) is 5.56 Å². The number of H-pyrrole nitrogens is 1. The van der Waals surface area contributed by atoms with E-state index in [9.17, 15) is 19.2 Å². The number of aromatic nitrogens is 1. The van der Waals surface area contributed by atoms with Crippen LogP contribution in [0.25, 0.3) is 0 Å². The predicted molar refractivity (Wildman–Crippen MR) is 151 cm³/mol. The Morgan fingerprint density at radius 3 is 1.97 bits per heavy atom. The standard InChI is InChI=1S/C28H27N4O4PS/c33-24(28(36)32-17-15-31(16-18-32)27(35)20-9-3-1-4-10-20)21-11-7-8-14-23(26(37)29-19-21)25(34)30-38-22-12-5-2-6-13-22/h1-14,19,29H,15-18,37H2,(H,30,34). The molecule has 0 saturated carbocycles. The van der Waals surface area contributed by atoms with Crippen molar-refractivity contribution in [3.05, 3.63) is 108 Å². The first kappa shape index (κ1) is 27.1. The molecule has 0 radical (unpaired) electrons. The van der Waals surface area contributed by atoms with Crippen LogP contribution in [0.4, 0.5) is 0 Å². The van der Waals surface area contributed by atoms with Crippen molar-refractivity contribution in [2.45, 2.75) is 4.90 Å². The molecule has 38 heavy (non-hydrogen) atoms. The first-order chi connectivity index (χ1) is 18.4. The van der Waals surface area contributed by atoms with Gasteiger partial charge in [-0.25, -0.2) is 0 Å². The van der Waals surface area contributed by atoms with E-state index in [4.69, 9.17) is 0 Å². The lowest BCUT2D eigenvalue weighted by Crippen LogP contribution is -2.52. The number of Topliss-reactive ketones (excluding diaryl/α,β-unsaturated/α-hetero) is 1. The Bertz CT molecular complexity index is 1370. The molecule has 0 bridgehead atoms. The Balaban J connectivity index is 1.41. The summed E-state index contributed by atoms with van der Waals surface area (Å²) < 4.78 is 2.80. The van der Waals surface area contributed by atoms with Crippen LogP contribution in [0.3, 0.4) is 0 Å². The van der Waals surface area contributed by atoms with Crippen LogP contribution < -0.4 is 10.2 Å². The van der Waals surface area contributed by atoms with E-state index in [1.54, 1.807) is 35.2 Å². The number of aromatic amines is 1. The second kappa shape index (κ2) is 13.0. The number of ketones is 1. The predicted octanol–water partition coefficient (Wildman–Crippen LogP) is 3.24. The highest BCUT2D eigenvalue weighted by atomic mass is 32.2. The molecule has 8 nitrogen and oxygen atoms in total. The zero-order valence-corrected chi connectivity index (χ0v) is 22.5. The molecule has 1 aliphatic rings. The summed E-state index contributed by atoms with van der Waals surface area (Å²) in [7, 11) is 2.45.